The molecule has 2 unspecified atom stereocenters. The minimum absolute atomic E-state index is 0.0549. The van der Waals surface area contributed by atoms with Gasteiger partial charge in [-0.15, -0.1) is 6.58 Å². The minimum Gasteiger partial charge on any atom is -0.454 e. The Kier molecular flexibility index (Phi) is 11.9. The highest BCUT2D eigenvalue weighted by Crippen LogP contribution is 2.38. The van der Waals surface area contributed by atoms with E-state index in [4.69, 9.17) is 4.42 Å². The number of hydrogen-bond donors (Lipinski definition) is 1. The van der Waals surface area contributed by atoms with Crippen molar-refractivity contribution >= 4 is 53.8 Å². The van der Waals surface area contributed by atoms with Crippen LogP contribution >= 0.6 is 0 Å². The molecule has 0 aliphatic rings. The Balaban J connectivity index is 1.69. The predicted octanol–water partition coefficient (Wildman–Crippen LogP) is 12.3. The van der Waals surface area contributed by atoms with E-state index in [1.807, 2.05) is 12.1 Å². The van der Waals surface area contributed by atoms with Crippen LogP contribution in [0, 0.1) is 11.8 Å². The van der Waals surface area contributed by atoms with Crippen molar-refractivity contribution in [1.82, 2.24) is 0 Å². The number of fused-ring (bicyclic) bond motifs is 3. The smallest absolute Gasteiger partial charge is 0.169 e. The number of furan rings is 1. The number of para-hydroxylation sites is 4. The molecule has 0 aliphatic carbocycles. The standard InChI is InChI=1S/C43H56N3OSi/c1-30(2)24-26-32(5)35(27-25-31(3)4)41(45(8)29-34(7)48(10,11)12)28-33(6)46(9)40-22-15-14-20-38(40)44-39-21-17-19-37-36-18-13-16-23-42(36)47-43(37)39/h13-24,26,29-30,35,41,44H,3,5-6,8,25,27-28H2,1-2,4,7,9-12H3/q+1/b26-24-,34-29+. The Morgan fingerprint density at radius 3 is 2.25 bits per heavy atom. The van der Waals surface area contributed by atoms with Crippen molar-refractivity contribution in [3.05, 3.63) is 127 Å². The summed E-state index contributed by atoms with van der Waals surface area (Å²) in [5.74, 6) is 0.617. The molecular formula is C43H56N3OSi+. The fourth-order valence-corrected chi connectivity index (χ4v) is 6.46. The van der Waals surface area contributed by atoms with Gasteiger partial charge in [-0.2, -0.15) is 0 Å². The molecule has 0 bridgehead atoms. The zero-order valence-electron chi connectivity index (χ0n) is 30.6. The highest BCUT2D eigenvalue weighted by atomic mass is 28.3. The first-order chi connectivity index (χ1) is 22.7. The Bertz CT molecular complexity index is 1870. The maximum absolute atomic E-state index is 6.33. The summed E-state index contributed by atoms with van der Waals surface area (Å²) < 4.78 is 8.52. The lowest BCUT2D eigenvalue weighted by molar-refractivity contribution is -0.500. The van der Waals surface area contributed by atoms with E-state index >= 15 is 0 Å². The van der Waals surface area contributed by atoms with Gasteiger partial charge >= 0.3 is 0 Å². The molecule has 2 atom stereocenters. The fraction of sp³-hybridized carbons (Fsp3) is 0.326. The minimum atomic E-state index is -1.51. The number of benzene rings is 3. The van der Waals surface area contributed by atoms with Gasteiger partial charge in [-0.25, -0.2) is 4.58 Å². The monoisotopic (exact) mass is 658 g/mol. The van der Waals surface area contributed by atoms with E-state index in [1.54, 1.807) is 0 Å². The molecule has 4 rings (SSSR count). The van der Waals surface area contributed by atoms with E-state index in [-0.39, 0.29) is 12.0 Å². The average Bonchev–Trinajstić information content (AvgIpc) is 3.42. The molecule has 5 heteroatoms. The first-order valence-corrected chi connectivity index (χ1v) is 20.6. The van der Waals surface area contributed by atoms with Crippen molar-refractivity contribution in [2.24, 2.45) is 11.8 Å². The largest absolute Gasteiger partial charge is 0.454 e. The summed E-state index contributed by atoms with van der Waals surface area (Å²) in [6, 6.07) is 22.9. The number of allylic oxidation sites excluding steroid dienone is 4. The van der Waals surface area contributed by atoms with Crippen molar-refractivity contribution in [3.63, 3.8) is 0 Å². The quantitative estimate of drug-likeness (QED) is 0.0427. The second kappa shape index (κ2) is 15.7. The van der Waals surface area contributed by atoms with Gasteiger partial charge < -0.3 is 14.6 Å². The predicted molar refractivity (Wildman–Crippen MR) is 215 cm³/mol. The molecule has 252 valence electrons. The van der Waals surface area contributed by atoms with Crippen LogP contribution in [0.15, 0.2) is 131 Å². The van der Waals surface area contributed by atoms with Gasteiger partial charge in [0.15, 0.2) is 17.8 Å². The fourth-order valence-electron chi connectivity index (χ4n) is 5.91. The molecule has 1 aromatic heterocycles. The number of nitrogens with one attached hydrogen (secondary N) is 1. The van der Waals surface area contributed by atoms with Crippen LogP contribution in [0.5, 0.6) is 0 Å². The number of rotatable bonds is 16. The van der Waals surface area contributed by atoms with Gasteiger partial charge in [-0.05, 0) is 67.6 Å². The van der Waals surface area contributed by atoms with Crippen molar-refractivity contribution in [3.8, 4) is 0 Å². The van der Waals surface area contributed by atoms with Crippen LogP contribution in [0.1, 0.15) is 47.0 Å². The summed E-state index contributed by atoms with van der Waals surface area (Å²) in [4.78, 5) is 2.21. The Morgan fingerprint density at radius 1 is 0.917 bits per heavy atom. The summed E-state index contributed by atoms with van der Waals surface area (Å²) in [5.41, 5.74) is 7.99. The third-order valence-electron chi connectivity index (χ3n) is 9.34. The van der Waals surface area contributed by atoms with Crippen LogP contribution in [0.3, 0.4) is 0 Å². The van der Waals surface area contributed by atoms with E-state index in [2.05, 4.69) is 169 Å². The third kappa shape index (κ3) is 8.96. The molecule has 0 saturated carbocycles. The third-order valence-corrected chi connectivity index (χ3v) is 11.8. The van der Waals surface area contributed by atoms with Gasteiger partial charge in [0, 0.05) is 29.4 Å². The molecule has 0 aliphatic heterocycles. The van der Waals surface area contributed by atoms with Gasteiger partial charge in [-0.3, -0.25) is 0 Å². The number of nitrogens with zero attached hydrogens (tertiary/aromatic N) is 2. The number of hydrogen-bond acceptors (Lipinski definition) is 3. The van der Waals surface area contributed by atoms with Gasteiger partial charge in [0.1, 0.15) is 12.3 Å². The van der Waals surface area contributed by atoms with Crippen LogP contribution in [0.2, 0.25) is 19.6 Å². The van der Waals surface area contributed by atoms with Gasteiger partial charge in [0.25, 0.3) is 0 Å². The van der Waals surface area contributed by atoms with Crippen LogP contribution < -0.4 is 10.2 Å². The summed E-state index contributed by atoms with van der Waals surface area (Å²) in [6.07, 6.45) is 9.34. The molecule has 0 fully saturated rings. The van der Waals surface area contributed by atoms with E-state index in [9.17, 15) is 0 Å². The lowest BCUT2D eigenvalue weighted by Gasteiger charge is -2.30. The SMILES string of the molecule is C=C(C)CCC(C(=C)/C=C\C(C)C)C(CC(=C)N(C)c1ccccc1Nc1cccc2c1oc1ccccc12)[N+](=C)/C=C(\C)[Si](C)(C)C. The van der Waals surface area contributed by atoms with Gasteiger partial charge in [0.05, 0.1) is 31.6 Å². The molecule has 1 heterocycles. The van der Waals surface area contributed by atoms with Crippen molar-refractivity contribution in [2.45, 2.75) is 72.6 Å². The normalized spacial score (nSPS) is 13.6. The van der Waals surface area contributed by atoms with Crippen LogP contribution in [0.4, 0.5) is 17.1 Å². The van der Waals surface area contributed by atoms with E-state index in [0.29, 0.717) is 5.92 Å². The van der Waals surface area contributed by atoms with Crippen molar-refractivity contribution in [2.75, 3.05) is 17.3 Å². The lowest BCUT2D eigenvalue weighted by Crippen LogP contribution is -2.35. The van der Waals surface area contributed by atoms with Crippen LogP contribution in [0.25, 0.3) is 21.9 Å². The maximum Gasteiger partial charge on any atom is 0.169 e. The molecular weight excluding hydrogens is 603 g/mol. The molecule has 1 N–H and O–H groups in total. The highest BCUT2D eigenvalue weighted by Gasteiger charge is 2.33. The molecule has 0 radical (unpaired) electrons. The molecule has 4 aromatic rings. The molecule has 0 spiro atoms. The number of anilines is 3. The second-order valence-electron chi connectivity index (χ2n) is 14.7. The Hall–Kier alpha value is -4.35. The molecule has 48 heavy (non-hydrogen) atoms. The topological polar surface area (TPSA) is 31.4 Å². The van der Waals surface area contributed by atoms with E-state index < -0.39 is 8.07 Å². The zero-order valence-corrected chi connectivity index (χ0v) is 31.6. The van der Waals surface area contributed by atoms with Crippen molar-refractivity contribution < 1.29 is 8.99 Å². The molecule has 0 saturated heterocycles. The molecule has 0 amide bonds. The Labute approximate surface area is 290 Å². The van der Waals surface area contributed by atoms with Crippen LogP contribution in [-0.4, -0.2) is 32.5 Å². The highest BCUT2D eigenvalue weighted by molar-refractivity contribution is 6.82. The first kappa shape index (κ1) is 36.5. The van der Waals surface area contributed by atoms with E-state index in [1.165, 1.54) is 10.8 Å². The lowest BCUT2D eigenvalue weighted by atomic mass is 9.83. The Morgan fingerprint density at radius 2 is 1.56 bits per heavy atom. The van der Waals surface area contributed by atoms with Crippen LogP contribution in [-0.2, 0) is 0 Å². The molecule has 3 aromatic carbocycles. The summed E-state index contributed by atoms with van der Waals surface area (Å²) in [6.45, 7) is 34.0. The summed E-state index contributed by atoms with van der Waals surface area (Å²) in [7, 11) is 0.598. The molecule has 4 nitrogen and oxygen atoms in total. The zero-order chi connectivity index (χ0) is 35.2. The average molecular weight is 659 g/mol. The summed E-state index contributed by atoms with van der Waals surface area (Å²) in [5, 5.41) is 7.32. The summed E-state index contributed by atoms with van der Waals surface area (Å²) >= 11 is 0. The first-order valence-electron chi connectivity index (χ1n) is 17.1. The van der Waals surface area contributed by atoms with Gasteiger partial charge in [-0.1, -0.05) is 107 Å². The van der Waals surface area contributed by atoms with E-state index in [0.717, 1.165) is 69.5 Å². The van der Waals surface area contributed by atoms with Crippen molar-refractivity contribution in [1.29, 1.82) is 0 Å². The second-order valence-corrected chi connectivity index (χ2v) is 20.0. The van der Waals surface area contributed by atoms with Gasteiger partial charge in [0.2, 0.25) is 0 Å². The maximum atomic E-state index is 6.33.